The Bertz CT molecular complexity index is 1720. The fourth-order valence-electron chi connectivity index (χ4n) is 4.18. The third-order valence-electron chi connectivity index (χ3n) is 6.54. The Hall–Kier alpha value is -4.47. The maximum absolute atomic E-state index is 12.7. The average Bonchev–Trinajstić information content (AvgIpc) is 3.50. The molecule has 1 atom stereocenters. The number of amides is 1. The van der Waals surface area contributed by atoms with Crippen molar-refractivity contribution in [2.75, 3.05) is 5.32 Å². The van der Waals surface area contributed by atoms with Gasteiger partial charge in [-0.2, -0.15) is 0 Å². The van der Waals surface area contributed by atoms with Gasteiger partial charge in [0, 0.05) is 25.3 Å². The molecule has 2 aromatic carbocycles. The third-order valence-corrected chi connectivity index (χ3v) is 6.54. The maximum atomic E-state index is 12.7. The molecule has 0 aliphatic rings. The van der Waals surface area contributed by atoms with Crippen molar-refractivity contribution < 1.29 is 9.21 Å². The van der Waals surface area contributed by atoms with Crippen LogP contribution in [0.2, 0.25) is 0 Å². The van der Waals surface area contributed by atoms with Crippen LogP contribution in [0.5, 0.6) is 0 Å². The van der Waals surface area contributed by atoms with E-state index in [1.54, 1.807) is 12.1 Å². The van der Waals surface area contributed by atoms with Crippen molar-refractivity contribution in [3.8, 4) is 11.5 Å². The first kappa shape index (κ1) is 23.3. The molecular weight excluding hydrogens is 460 g/mol. The molecule has 0 fully saturated rings. The van der Waals surface area contributed by atoms with E-state index in [0.717, 1.165) is 27.7 Å². The third kappa shape index (κ3) is 4.00. The number of hydrogen-bond donors (Lipinski definition) is 1. The zero-order valence-corrected chi connectivity index (χ0v) is 20.5. The number of rotatable bonds is 6. The second-order valence-corrected chi connectivity index (χ2v) is 8.93. The zero-order valence-electron chi connectivity index (χ0n) is 20.5. The largest absolute Gasteiger partial charge is 0.436 e. The molecule has 1 N–H and O–H groups in total. The first-order valence-electron chi connectivity index (χ1n) is 11.7. The normalized spacial score (nSPS) is 12.3. The summed E-state index contributed by atoms with van der Waals surface area (Å²) >= 11 is 0. The van der Waals surface area contributed by atoms with Gasteiger partial charge in [0.1, 0.15) is 12.1 Å². The standard InChI is InChI=1S/C26H26N6O4/c1-5-15(2)17-8-11-20-19(12-17)29-24(36-20)16-6-9-18(10-7-16)28-21(33)13-32-14-27-23-22(32)25(34)31(4)26(35)30(23)3/h6-12,14-15H,5,13H2,1-4H3,(H,28,33)/t15-/m0/s1. The van der Waals surface area contributed by atoms with Crippen LogP contribution in [0, 0.1) is 0 Å². The van der Waals surface area contributed by atoms with E-state index in [4.69, 9.17) is 4.42 Å². The fraction of sp³-hybridized carbons (Fsp3) is 0.269. The lowest BCUT2D eigenvalue weighted by Gasteiger charge is -2.08. The molecule has 0 saturated carbocycles. The first-order chi connectivity index (χ1) is 17.3. The summed E-state index contributed by atoms with van der Waals surface area (Å²) in [6, 6.07) is 13.3. The monoisotopic (exact) mass is 486 g/mol. The van der Waals surface area contributed by atoms with Crippen LogP contribution in [0.1, 0.15) is 31.7 Å². The number of imidazole rings is 1. The van der Waals surface area contributed by atoms with E-state index >= 15 is 0 Å². The number of anilines is 1. The minimum atomic E-state index is -0.502. The van der Waals surface area contributed by atoms with Crippen molar-refractivity contribution in [2.45, 2.75) is 32.7 Å². The molecule has 0 unspecified atom stereocenters. The molecule has 3 heterocycles. The van der Waals surface area contributed by atoms with Crippen LogP contribution in [0.15, 0.2) is 62.8 Å². The van der Waals surface area contributed by atoms with Crippen LogP contribution >= 0.6 is 0 Å². The van der Waals surface area contributed by atoms with Crippen molar-refractivity contribution in [1.29, 1.82) is 0 Å². The molecule has 0 aliphatic heterocycles. The van der Waals surface area contributed by atoms with Gasteiger partial charge >= 0.3 is 5.69 Å². The van der Waals surface area contributed by atoms with Crippen LogP contribution in [0.3, 0.4) is 0 Å². The lowest BCUT2D eigenvalue weighted by Crippen LogP contribution is -2.37. The number of aryl methyl sites for hydroxylation is 1. The van der Waals surface area contributed by atoms with Crippen LogP contribution in [0.4, 0.5) is 5.69 Å². The molecule has 1 amide bonds. The van der Waals surface area contributed by atoms with Crippen LogP contribution in [-0.2, 0) is 25.4 Å². The summed E-state index contributed by atoms with van der Waals surface area (Å²) in [5.41, 5.74) is 3.60. The number of nitrogens with one attached hydrogen (secondary N) is 1. The second kappa shape index (κ2) is 8.95. The van der Waals surface area contributed by atoms with E-state index in [0.29, 0.717) is 17.5 Å². The Morgan fingerprint density at radius 3 is 2.56 bits per heavy atom. The van der Waals surface area contributed by atoms with Crippen molar-refractivity contribution >= 4 is 33.9 Å². The number of carbonyl (C=O) groups is 1. The Morgan fingerprint density at radius 2 is 1.83 bits per heavy atom. The molecule has 5 aromatic rings. The number of hydrogen-bond acceptors (Lipinski definition) is 6. The van der Waals surface area contributed by atoms with Gasteiger partial charge in [-0.1, -0.05) is 19.9 Å². The van der Waals surface area contributed by atoms with Crippen molar-refractivity contribution in [3.05, 3.63) is 75.2 Å². The zero-order chi connectivity index (χ0) is 25.6. The predicted octanol–water partition coefficient (Wildman–Crippen LogP) is 3.39. The molecule has 0 bridgehead atoms. The van der Waals surface area contributed by atoms with Gasteiger partial charge in [-0.15, -0.1) is 0 Å². The highest BCUT2D eigenvalue weighted by Crippen LogP contribution is 2.28. The van der Waals surface area contributed by atoms with Gasteiger partial charge in [-0.25, -0.2) is 14.8 Å². The van der Waals surface area contributed by atoms with Gasteiger partial charge in [0.25, 0.3) is 5.56 Å². The smallest absolute Gasteiger partial charge is 0.332 e. The summed E-state index contributed by atoms with van der Waals surface area (Å²) in [6.45, 7) is 4.22. The summed E-state index contributed by atoms with van der Waals surface area (Å²) in [4.78, 5) is 46.1. The quantitative estimate of drug-likeness (QED) is 0.393. The predicted molar refractivity (Wildman–Crippen MR) is 137 cm³/mol. The number of fused-ring (bicyclic) bond motifs is 2. The van der Waals surface area contributed by atoms with Gasteiger partial charge in [0.15, 0.2) is 16.7 Å². The summed E-state index contributed by atoms with van der Waals surface area (Å²) in [5, 5.41) is 2.82. The number of nitrogens with zero attached hydrogens (tertiary/aromatic N) is 5. The minimum Gasteiger partial charge on any atom is -0.436 e. The Morgan fingerprint density at radius 1 is 1.08 bits per heavy atom. The topological polar surface area (TPSA) is 117 Å². The second-order valence-electron chi connectivity index (χ2n) is 8.93. The number of benzene rings is 2. The molecule has 10 nitrogen and oxygen atoms in total. The molecule has 10 heteroatoms. The minimum absolute atomic E-state index is 0.130. The highest BCUT2D eigenvalue weighted by Gasteiger charge is 2.16. The highest BCUT2D eigenvalue weighted by atomic mass is 16.3. The van der Waals surface area contributed by atoms with Crippen molar-refractivity contribution in [1.82, 2.24) is 23.7 Å². The number of carbonyl (C=O) groups excluding carboxylic acids is 1. The Kier molecular flexibility index (Phi) is 5.79. The van der Waals surface area contributed by atoms with Gasteiger partial charge < -0.3 is 14.3 Å². The Balaban J connectivity index is 1.33. The molecule has 5 rings (SSSR count). The Labute approximate surface area is 205 Å². The van der Waals surface area contributed by atoms with E-state index in [2.05, 4.69) is 41.3 Å². The van der Waals surface area contributed by atoms with E-state index in [1.165, 1.54) is 35.1 Å². The summed E-state index contributed by atoms with van der Waals surface area (Å²) in [5.74, 6) is 0.626. The number of aromatic nitrogens is 5. The van der Waals surface area contributed by atoms with Crippen LogP contribution in [0.25, 0.3) is 33.7 Å². The highest BCUT2D eigenvalue weighted by molar-refractivity contribution is 5.91. The van der Waals surface area contributed by atoms with Crippen molar-refractivity contribution in [2.24, 2.45) is 14.1 Å². The molecule has 184 valence electrons. The van der Waals surface area contributed by atoms with Gasteiger partial charge in [-0.05, 0) is 54.3 Å². The van der Waals surface area contributed by atoms with Gasteiger partial charge in [0.05, 0.1) is 6.33 Å². The van der Waals surface area contributed by atoms with Gasteiger partial charge in [0.2, 0.25) is 11.8 Å². The molecular formula is C26H26N6O4. The SMILES string of the molecule is CC[C@H](C)c1ccc2oc(-c3ccc(NC(=O)Cn4cnc5c4c(=O)n(C)c(=O)n5C)cc3)nc2c1. The van der Waals surface area contributed by atoms with Gasteiger partial charge in [-0.3, -0.25) is 18.7 Å². The van der Waals surface area contributed by atoms with E-state index in [-0.39, 0.29) is 23.6 Å². The molecule has 0 radical (unpaired) electrons. The molecule has 0 aliphatic carbocycles. The molecule has 0 saturated heterocycles. The molecule has 0 spiro atoms. The summed E-state index contributed by atoms with van der Waals surface area (Å²) in [6.07, 6.45) is 2.44. The summed E-state index contributed by atoms with van der Waals surface area (Å²) in [7, 11) is 2.93. The fourth-order valence-corrected chi connectivity index (χ4v) is 4.18. The van der Waals surface area contributed by atoms with E-state index < -0.39 is 11.2 Å². The van der Waals surface area contributed by atoms with Crippen LogP contribution in [-0.4, -0.2) is 29.6 Å². The van der Waals surface area contributed by atoms with Crippen LogP contribution < -0.4 is 16.6 Å². The lowest BCUT2D eigenvalue weighted by molar-refractivity contribution is -0.116. The average molecular weight is 487 g/mol. The number of oxazole rings is 1. The van der Waals surface area contributed by atoms with Crippen molar-refractivity contribution in [3.63, 3.8) is 0 Å². The first-order valence-corrected chi connectivity index (χ1v) is 11.7. The van der Waals surface area contributed by atoms with E-state index in [1.807, 2.05) is 18.2 Å². The maximum Gasteiger partial charge on any atom is 0.332 e. The molecule has 3 aromatic heterocycles. The summed E-state index contributed by atoms with van der Waals surface area (Å²) < 4.78 is 9.64. The van der Waals surface area contributed by atoms with E-state index in [9.17, 15) is 14.4 Å². The molecule has 36 heavy (non-hydrogen) atoms. The lowest BCUT2D eigenvalue weighted by atomic mass is 9.98.